The molecule has 1 radical (unpaired) electrons. The molecule has 0 aromatic heterocycles. The molecular formula is C16H8Br. The van der Waals surface area contributed by atoms with Crippen LogP contribution in [0, 0.1) is 6.07 Å². The third-order valence-electron chi connectivity index (χ3n) is 3.40. The Morgan fingerprint density at radius 2 is 1.47 bits per heavy atom. The quantitative estimate of drug-likeness (QED) is 0.391. The van der Waals surface area contributed by atoms with Crippen molar-refractivity contribution in [2.45, 2.75) is 0 Å². The maximum Gasteiger partial charge on any atom is 0.0333 e. The van der Waals surface area contributed by atoms with Crippen LogP contribution in [-0.4, -0.2) is 0 Å². The van der Waals surface area contributed by atoms with Gasteiger partial charge in [-0.2, -0.15) is 0 Å². The minimum Gasteiger partial charge on any atom is -0.0610 e. The van der Waals surface area contributed by atoms with Crippen molar-refractivity contribution in [2.24, 2.45) is 0 Å². The smallest absolute Gasteiger partial charge is 0.0333 e. The van der Waals surface area contributed by atoms with Crippen LogP contribution in [0.4, 0.5) is 0 Å². The maximum absolute atomic E-state index is 3.59. The predicted octanol–water partition coefficient (Wildman–Crippen LogP) is 5.15. The standard InChI is InChI=1S/C16H8Br/c17-14-9-7-12-5-4-10-2-1-3-11-6-8-13(14)16(12)15(10)11/h1-8H. The highest BCUT2D eigenvalue weighted by Crippen LogP contribution is 2.36. The van der Waals surface area contributed by atoms with Crippen molar-refractivity contribution < 1.29 is 0 Å². The highest BCUT2D eigenvalue weighted by atomic mass is 79.9. The van der Waals surface area contributed by atoms with Gasteiger partial charge in [-0.15, -0.1) is 0 Å². The summed E-state index contributed by atoms with van der Waals surface area (Å²) in [7, 11) is 0. The number of hydrogen-bond donors (Lipinski definition) is 0. The number of benzene rings is 4. The molecular weight excluding hydrogens is 272 g/mol. The zero-order valence-electron chi connectivity index (χ0n) is 9.00. The molecule has 79 valence electrons. The summed E-state index contributed by atoms with van der Waals surface area (Å²) in [5.74, 6) is 0. The average Bonchev–Trinajstić information content (AvgIpc) is 2.38. The second-order valence-corrected chi connectivity index (χ2v) is 5.12. The largest absolute Gasteiger partial charge is 0.0610 e. The molecule has 0 aliphatic rings. The summed E-state index contributed by atoms with van der Waals surface area (Å²) in [5, 5.41) is 7.81. The van der Waals surface area contributed by atoms with Crippen molar-refractivity contribution in [3.8, 4) is 0 Å². The van der Waals surface area contributed by atoms with Crippen LogP contribution in [0.2, 0.25) is 0 Å². The van der Waals surface area contributed by atoms with Gasteiger partial charge in [-0.3, -0.25) is 0 Å². The molecule has 0 nitrogen and oxygen atoms in total. The van der Waals surface area contributed by atoms with Gasteiger partial charge in [-0.25, -0.2) is 0 Å². The molecule has 0 amide bonds. The van der Waals surface area contributed by atoms with Crippen LogP contribution >= 0.6 is 15.9 Å². The van der Waals surface area contributed by atoms with Gasteiger partial charge in [0, 0.05) is 4.47 Å². The van der Waals surface area contributed by atoms with Crippen molar-refractivity contribution in [3.63, 3.8) is 0 Å². The first-order valence-corrected chi connectivity index (χ1v) is 6.37. The van der Waals surface area contributed by atoms with E-state index in [1.54, 1.807) is 0 Å². The van der Waals surface area contributed by atoms with E-state index in [1.807, 2.05) is 0 Å². The SMILES string of the molecule is Brc1[c]cc2ccc3cccc4ccc1c2c34. The third kappa shape index (κ3) is 1.18. The Bertz CT molecular complexity index is 830. The fourth-order valence-electron chi connectivity index (χ4n) is 2.63. The Morgan fingerprint density at radius 3 is 2.29 bits per heavy atom. The monoisotopic (exact) mass is 279 g/mol. The number of halogens is 1. The summed E-state index contributed by atoms with van der Waals surface area (Å²) in [6, 6.07) is 20.5. The first-order chi connectivity index (χ1) is 8.34. The third-order valence-corrected chi connectivity index (χ3v) is 4.06. The maximum atomic E-state index is 3.59. The van der Waals surface area contributed by atoms with E-state index < -0.39 is 0 Å². The summed E-state index contributed by atoms with van der Waals surface area (Å²) < 4.78 is 1.04. The van der Waals surface area contributed by atoms with Gasteiger partial charge in [0.1, 0.15) is 0 Å². The summed E-state index contributed by atoms with van der Waals surface area (Å²) >= 11 is 3.59. The van der Waals surface area contributed by atoms with E-state index in [9.17, 15) is 0 Å². The molecule has 0 saturated heterocycles. The van der Waals surface area contributed by atoms with E-state index >= 15 is 0 Å². The van der Waals surface area contributed by atoms with Crippen LogP contribution in [0.15, 0.2) is 53.0 Å². The lowest BCUT2D eigenvalue weighted by molar-refractivity contribution is 1.73. The molecule has 0 saturated carbocycles. The zero-order valence-corrected chi connectivity index (χ0v) is 10.6. The van der Waals surface area contributed by atoms with E-state index in [2.05, 4.69) is 70.5 Å². The highest BCUT2D eigenvalue weighted by molar-refractivity contribution is 9.10. The zero-order chi connectivity index (χ0) is 11.4. The summed E-state index contributed by atoms with van der Waals surface area (Å²) in [6.45, 7) is 0. The van der Waals surface area contributed by atoms with Crippen molar-refractivity contribution in [1.29, 1.82) is 0 Å². The van der Waals surface area contributed by atoms with Crippen molar-refractivity contribution >= 4 is 48.2 Å². The van der Waals surface area contributed by atoms with Crippen LogP contribution in [0.3, 0.4) is 0 Å². The van der Waals surface area contributed by atoms with E-state index in [0.717, 1.165) is 4.47 Å². The molecule has 4 aromatic rings. The number of hydrogen-bond acceptors (Lipinski definition) is 0. The number of rotatable bonds is 0. The molecule has 1 heteroatoms. The fourth-order valence-corrected chi connectivity index (χ4v) is 3.08. The average molecular weight is 280 g/mol. The second-order valence-electron chi connectivity index (χ2n) is 4.32. The van der Waals surface area contributed by atoms with Crippen LogP contribution < -0.4 is 0 Å². The van der Waals surface area contributed by atoms with Crippen LogP contribution in [0.25, 0.3) is 32.3 Å². The van der Waals surface area contributed by atoms with Gasteiger partial charge in [-0.05, 0) is 60.4 Å². The van der Waals surface area contributed by atoms with E-state index in [0.29, 0.717) is 0 Å². The molecule has 0 spiro atoms. The van der Waals surface area contributed by atoms with Crippen molar-refractivity contribution in [1.82, 2.24) is 0 Å². The Hall–Kier alpha value is -1.60. The van der Waals surface area contributed by atoms with Gasteiger partial charge < -0.3 is 0 Å². The molecule has 0 atom stereocenters. The first kappa shape index (κ1) is 9.43. The first-order valence-electron chi connectivity index (χ1n) is 5.58. The van der Waals surface area contributed by atoms with Crippen molar-refractivity contribution in [2.75, 3.05) is 0 Å². The van der Waals surface area contributed by atoms with Crippen molar-refractivity contribution in [3.05, 3.63) is 59.1 Å². The topological polar surface area (TPSA) is 0 Å². The Kier molecular flexibility index (Phi) is 1.78. The van der Waals surface area contributed by atoms with Gasteiger partial charge in [0.25, 0.3) is 0 Å². The molecule has 17 heavy (non-hydrogen) atoms. The molecule has 0 unspecified atom stereocenters. The highest BCUT2D eigenvalue weighted by Gasteiger charge is 2.08. The van der Waals surface area contributed by atoms with E-state index in [4.69, 9.17) is 0 Å². The normalized spacial score (nSPS) is 11.8. The van der Waals surface area contributed by atoms with Crippen LogP contribution in [0.1, 0.15) is 0 Å². The summed E-state index contributed by atoms with van der Waals surface area (Å²) in [4.78, 5) is 0. The lowest BCUT2D eigenvalue weighted by atomic mass is 9.94. The molecule has 0 N–H and O–H groups in total. The van der Waals surface area contributed by atoms with E-state index in [-0.39, 0.29) is 0 Å². The molecule has 4 rings (SSSR count). The Morgan fingerprint density at radius 1 is 0.765 bits per heavy atom. The van der Waals surface area contributed by atoms with Gasteiger partial charge in [0.2, 0.25) is 0 Å². The Balaban J connectivity index is 2.48. The second kappa shape index (κ2) is 3.21. The lowest BCUT2D eigenvalue weighted by Crippen LogP contribution is -1.84. The van der Waals surface area contributed by atoms with Gasteiger partial charge in [-0.1, -0.05) is 42.5 Å². The lowest BCUT2D eigenvalue weighted by Gasteiger charge is -2.10. The Labute approximate surface area is 107 Å². The van der Waals surface area contributed by atoms with E-state index in [1.165, 1.54) is 32.3 Å². The minimum atomic E-state index is 1.04. The van der Waals surface area contributed by atoms with Crippen LogP contribution in [-0.2, 0) is 0 Å². The summed E-state index contributed by atoms with van der Waals surface area (Å²) in [6.07, 6.45) is 0. The van der Waals surface area contributed by atoms with Gasteiger partial charge in [0.05, 0.1) is 0 Å². The molecule has 4 aromatic carbocycles. The minimum absolute atomic E-state index is 1.04. The molecule has 0 fully saturated rings. The molecule has 0 aliphatic heterocycles. The molecule has 0 aliphatic carbocycles. The fraction of sp³-hybridized carbons (Fsp3) is 0. The molecule has 0 heterocycles. The predicted molar refractivity (Wildman–Crippen MR) is 76.7 cm³/mol. The summed E-state index contributed by atoms with van der Waals surface area (Å²) in [5.41, 5.74) is 0. The van der Waals surface area contributed by atoms with Gasteiger partial charge >= 0.3 is 0 Å². The van der Waals surface area contributed by atoms with Crippen LogP contribution in [0.5, 0.6) is 0 Å². The van der Waals surface area contributed by atoms with Gasteiger partial charge in [0.15, 0.2) is 0 Å². The molecule has 0 bridgehead atoms.